The zero-order chi connectivity index (χ0) is 23.7. The van der Waals surface area contributed by atoms with Gasteiger partial charge in [-0.05, 0) is 54.8 Å². The zero-order valence-corrected chi connectivity index (χ0v) is 17.8. The summed E-state index contributed by atoms with van der Waals surface area (Å²) in [5.74, 6) is -1.09. The van der Waals surface area contributed by atoms with Crippen LogP contribution in [0.4, 0.5) is 16.2 Å². The molecule has 0 saturated carbocycles. The molecule has 1 saturated heterocycles. The number of non-ortho nitro benzene ring substituents is 1. The molecule has 1 aliphatic heterocycles. The molecule has 4 rings (SSSR count). The number of rotatable bonds is 5. The van der Waals surface area contributed by atoms with Crippen LogP contribution in [0, 0.1) is 17.0 Å². The average molecular weight is 445 g/mol. The minimum Gasteiger partial charge on any atom is -0.457 e. The lowest BCUT2D eigenvalue weighted by Crippen LogP contribution is -2.54. The van der Waals surface area contributed by atoms with Crippen LogP contribution >= 0.6 is 0 Å². The summed E-state index contributed by atoms with van der Waals surface area (Å²) in [6.07, 6.45) is 2.04. The molecular formula is C24H19N3O6. The molecule has 2 heterocycles. The van der Waals surface area contributed by atoms with E-state index in [0.29, 0.717) is 17.0 Å². The molecule has 33 heavy (non-hydrogen) atoms. The van der Waals surface area contributed by atoms with E-state index in [9.17, 15) is 24.5 Å². The van der Waals surface area contributed by atoms with Gasteiger partial charge in [-0.1, -0.05) is 25.1 Å². The number of furan rings is 1. The molecule has 9 heteroatoms. The van der Waals surface area contributed by atoms with Gasteiger partial charge in [-0.15, -0.1) is 0 Å². The Kier molecular flexibility index (Phi) is 5.61. The molecule has 4 amide bonds. The van der Waals surface area contributed by atoms with Gasteiger partial charge in [-0.2, -0.15) is 0 Å². The lowest BCUT2D eigenvalue weighted by Gasteiger charge is -2.26. The fourth-order valence-electron chi connectivity index (χ4n) is 3.48. The van der Waals surface area contributed by atoms with E-state index in [0.717, 1.165) is 22.4 Å². The van der Waals surface area contributed by atoms with Crippen molar-refractivity contribution in [3.8, 4) is 11.3 Å². The number of nitrogens with zero attached hydrogens (tertiary/aromatic N) is 2. The van der Waals surface area contributed by atoms with Crippen LogP contribution in [0.2, 0.25) is 0 Å². The summed E-state index contributed by atoms with van der Waals surface area (Å²) in [6.45, 7) is 3.77. The van der Waals surface area contributed by atoms with Crippen molar-refractivity contribution in [2.24, 2.45) is 0 Å². The molecular weight excluding hydrogens is 426 g/mol. The lowest BCUT2D eigenvalue weighted by molar-refractivity contribution is -0.384. The maximum Gasteiger partial charge on any atom is 0.335 e. The quantitative estimate of drug-likeness (QED) is 0.269. The predicted molar refractivity (Wildman–Crippen MR) is 120 cm³/mol. The number of imide groups is 2. The first kappa shape index (κ1) is 21.7. The topological polar surface area (TPSA) is 123 Å². The molecule has 9 nitrogen and oxygen atoms in total. The van der Waals surface area contributed by atoms with E-state index in [2.05, 4.69) is 5.32 Å². The van der Waals surface area contributed by atoms with Crippen molar-refractivity contribution < 1.29 is 23.7 Å². The molecule has 0 unspecified atom stereocenters. The largest absolute Gasteiger partial charge is 0.457 e. The first-order valence-corrected chi connectivity index (χ1v) is 10.1. The van der Waals surface area contributed by atoms with Crippen LogP contribution in [-0.2, 0) is 16.0 Å². The average Bonchev–Trinajstić information content (AvgIpc) is 3.25. The third kappa shape index (κ3) is 4.16. The van der Waals surface area contributed by atoms with E-state index in [-0.39, 0.29) is 17.0 Å². The molecule has 2 aromatic carbocycles. The number of barbiturate groups is 1. The van der Waals surface area contributed by atoms with Gasteiger partial charge in [0.05, 0.1) is 10.6 Å². The highest BCUT2D eigenvalue weighted by atomic mass is 16.6. The number of hydrogen-bond acceptors (Lipinski definition) is 6. The van der Waals surface area contributed by atoms with Crippen LogP contribution in [0.15, 0.2) is 64.6 Å². The van der Waals surface area contributed by atoms with Crippen LogP contribution < -0.4 is 10.2 Å². The molecule has 3 aromatic rings. The second kappa shape index (κ2) is 8.54. The summed E-state index contributed by atoms with van der Waals surface area (Å²) in [5.41, 5.74) is 2.28. The van der Waals surface area contributed by atoms with Gasteiger partial charge in [0.15, 0.2) is 0 Å². The highest BCUT2D eigenvalue weighted by Crippen LogP contribution is 2.30. The monoisotopic (exact) mass is 445 g/mol. The molecule has 0 bridgehead atoms. The van der Waals surface area contributed by atoms with Crippen LogP contribution in [0.3, 0.4) is 0 Å². The Morgan fingerprint density at radius 3 is 2.45 bits per heavy atom. The fourth-order valence-corrected chi connectivity index (χ4v) is 3.48. The van der Waals surface area contributed by atoms with Gasteiger partial charge in [0.1, 0.15) is 17.1 Å². The van der Waals surface area contributed by atoms with Crippen LogP contribution in [0.5, 0.6) is 0 Å². The Balaban J connectivity index is 1.67. The Labute approximate surface area is 188 Å². The number of nitrogens with one attached hydrogen (secondary N) is 1. The van der Waals surface area contributed by atoms with Gasteiger partial charge < -0.3 is 4.42 Å². The number of carbonyl (C=O) groups is 3. The number of benzene rings is 2. The number of amides is 4. The number of anilines is 1. The van der Waals surface area contributed by atoms with Crippen molar-refractivity contribution >= 4 is 35.3 Å². The summed E-state index contributed by atoms with van der Waals surface area (Å²) < 4.78 is 5.75. The lowest BCUT2D eigenvalue weighted by atomic mass is 10.1. The Hall–Kier alpha value is -4.53. The maximum atomic E-state index is 13.0. The Bertz CT molecular complexity index is 1320. The molecule has 0 spiro atoms. The summed E-state index contributed by atoms with van der Waals surface area (Å²) >= 11 is 0. The minimum atomic E-state index is -0.837. The molecule has 1 N–H and O–H groups in total. The number of hydrogen-bond donors (Lipinski definition) is 1. The standard InChI is InChI=1S/C24H19N3O6/c1-3-15-5-8-16(9-6-15)26-23(29)20(22(28)25-24(26)30)13-18-10-11-21(33-18)19-12-17(27(31)32)7-4-14(19)2/h4-13H,3H2,1-2H3,(H,25,28,30). The van der Waals surface area contributed by atoms with E-state index >= 15 is 0 Å². The predicted octanol–water partition coefficient (Wildman–Crippen LogP) is 4.39. The van der Waals surface area contributed by atoms with Crippen LogP contribution in [0.25, 0.3) is 17.4 Å². The maximum absolute atomic E-state index is 13.0. The normalized spacial score (nSPS) is 15.2. The van der Waals surface area contributed by atoms with Gasteiger partial charge in [0, 0.05) is 17.7 Å². The molecule has 1 fully saturated rings. The molecule has 1 aromatic heterocycles. The fraction of sp³-hybridized carbons (Fsp3) is 0.125. The van der Waals surface area contributed by atoms with E-state index in [4.69, 9.17) is 4.42 Å². The van der Waals surface area contributed by atoms with E-state index in [1.807, 2.05) is 6.92 Å². The Morgan fingerprint density at radius 2 is 1.79 bits per heavy atom. The summed E-state index contributed by atoms with van der Waals surface area (Å²) in [6, 6.07) is 13.6. The number of urea groups is 1. The van der Waals surface area contributed by atoms with Crippen LogP contribution in [0.1, 0.15) is 23.8 Å². The van der Waals surface area contributed by atoms with Gasteiger partial charge in [-0.25, -0.2) is 9.69 Å². The Morgan fingerprint density at radius 1 is 1.06 bits per heavy atom. The van der Waals surface area contributed by atoms with Crippen molar-refractivity contribution in [3.05, 3.63) is 87.2 Å². The smallest absolute Gasteiger partial charge is 0.335 e. The van der Waals surface area contributed by atoms with Crippen molar-refractivity contribution in [1.82, 2.24) is 5.32 Å². The minimum absolute atomic E-state index is 0.0861. The van der Waals surface area contributed by atoms with Crippen molar-refractivity contribution in [2.45, 2.75) is 20.3 Å². The van der Waals surface area contributed by atoms with E-state index < -0.39 is 22.8 Å². The summed E-state index contributed by atoms with van der Waals surface area (Å²) in [5, 5.41) is 13.3. The highest BCUT2D eigenvalue weighted by molar-refractivity contribution is 6.39. The highest BCUT2D eigenvalue weighted by Gasteiger charge is 2.37. The SMILES string of the molecule is CCc1ccc(N2C(=O)NC(=O)C(=Cc3ccc(-c4cc([N+](=O)[O-])ccc4C)o3)C2=O)cc1. The number of carbonyl (C=O) groups excluding carboxylic acids is 3. The third-order valence-corrected chi connectivity index (χ3v) is 5.32. The second-order valence-electron chi connectivity index (χ2n) is 7.44. The van der Waals surface area contributed by atoms with Crippen molar-refractivity contribution in [1.29, 1.82) is 0 Å². The molecule has 0 atom stereocenters. The summed E-state index contributed by atoms with van der Waals surface area (Å²) in [7, 11) is 0. The second-order valence-corrected chi connectivity index (χ2v) is 7.44. The van der Waals surface area contributed by atoms with E-state index in [1.165, 1.54) is 24.3 Å². The van der Waals surface area contributed by atoms with Crippen molar-refractivity contribution in [3.63, 3.8) is 0 Å². The zero-order valence-electron chi connectivity index (χ0n) is 17.8. The van der Waals surface area contributed by atoms with Gasteiger partial charge in [0.2, 0.25) is 0 Å². The first-order chi connectivity index (χ1) is 15.8. The van der Waals surface area contributed by atoms with Crippen molar-refractivity contribution in [2.75, 3.05) is 4.90 Å². The van der Waals surface area contributed by atoms with Gasteiger partial charge in [0.25, 0.3) is 17.5 Å². The van der Waals surface area contributed by atoms with Gasteiger partial charge >= 0.3 is 6.03 Å². The number of nitro groups is 1. The van der Waals surface area contributed by atoms with E-state index in [1.54, 1.807) is 43.3 Å². The molecule has 0 radical (unpaired) electrons. The first-order valence-electron chi connectivity index (χ1n) is 10.1. The molecule has 1 aliphatic rings. The molecule has 166 valence electrons. The van der Waals surface area contributed by atoms with Crippen LogP contribution in [-0.4, -0.2) is 22.8 Å². The van der Waals surface area contributed by atoms with Gasteiger partial charge in [-0.3, -0.25) is 25.0 Å². The summed E-state index contributed by atoms with van der Waals surface area (Å²) in [4.78, 5) is 49.2. The number of nitro benzene ring substituents is 1. The molecule has 0 aliphatic carbocycles. The number of aryl methyl sites for hydroxylation is 2. The third-order valence-electron chi connectivity index (χ3n) is 5.32.